The van der Waals surface area contributed by atoms with E-state index in [0.717, 1.165) is 21.1 Å². The number of rotatable bonds is 31. The van der Waals surface area contributed by atoms with Crippen LogP contribution < -0.4 is 31.5 Å². The van der Waals surface area contributed by atoms with E-state index in [1.807, 2.05) is 39.6 Å². The molecule has 86 heavy (non-hydrogen) atoms. The minimum atomic E-state index is -4.96. The molecule has 0 aliphatic carbocycles. The SMILES string of the molecule is CC[C@H](C)[C@H](NC(=O)[C@H]1CN1C)C(=O)N(C)[C@H](C[C@@H](OC(C)=O)c1nc(C(=O)N(C)[C@@H](Cc2ccc(OP(=O)(O)O)cc2)C(=O)N[C@@H](CCCNC(N)=O)C(=O)N[C@H](C(=O)N2CCN(C(=O)CCCN3C(=O)C=CC3=O)CC2)C(C)C)cs1)C(C)C. The number of urea groups is 1. The molecule has 2 fully saturated rings. The zero-order valence-electron chi connectivity index (χ0n) is 50.4. The smallest absolute Gasteiger partial charge is 0.455 e. The highest BCUT2D eigenvalue weighted by molar-refractivity contribution is 7.46. The van der Waals surface area contributed by atoms with Gasteiger partial charge >= 0.3 is 19.8 Å². The molecule has 0 bridgehead atoms. The Morgan fingerprint density at radius 3 is 2.01 bits per heavy atom. The number of thiazole rings is 1. The van der Waals surface area contributed by atoms with Gasteiger partial charge in [-0.3, -0.25) is 67.5 Å². The quantitative estimate of drug-likeness (QED) is 0.0182. The van der Waals surface area contributed by atoms with Gasteiger partial charge in [-0.2, -0.15) is 0 Å². The predicted molar refractivity (Wildman–Crippen MR) is 313 cm³/mol. The van der Waals surface area contributed by atoms with Crippen LogP contribution in [0.5, 0.6) is 5.75 Å². The molecule has 2 aromatic rings. The number of benzene rings is 1. The largest absolute Gasteiger partial charge is 0.524 e. The lowest BCUT2D eigenvalue weighted by molar-refractivity contribution is -0.149. The number of phosphoric ester groups is 1. The first kappa shape index (κ1) is 69.4. The van der Waals surface area contributed by atoms with E-state index in [1.54, 1.807) is 30.7 Å². The van der Waals surface area contributed by atoms with Crippen molar-refractivity contribution in [2.24, 2.45) is 23.5 Å². The first-order chi connectivity index (χ1) is 40.4. The number of nitrogens with two attached hydrogens (primary N) is 1. The summed E-state index contributed by atoms with van der Waals surface area (Å²) in [4.78, 5) is 179. The summed E-state index contributed by atoms with van der Waals surface area (Å²) in [6.07, 6.45) is 1.97. The number of nitrogens with one attached hydrogen (secondary N) is 4. The average Bonchev–Trinajstić information content (AvgIpc) is 3.08. The Labute approximate surface area is 504 Å². The van der Waals surface area contributed by atoms with E-state index in [9.17, 15) is 67.1 Å². The number of hydrogen-bond acceptors (Lipinski definition) is 17. The van der Waals surface area contributed by atoms with Gasteiger partial charge in [0.15, 0.2) is 6.10 Å². The highest BCUT2D eigenvalue weighted by Crippen LogP contribution is 2.38. The summed E-state index contributed by atoms with van der Waals surface area (Å²) in [5.74, 6) is -6.36. The van der Waals surface area contributed by atoms with Crippen LogP contribution in [0, 0.1) is 17.8 Å². The maximum atomic E-state index is 14.9. The maximum absolute atomic E-state index is 14.9. The van der Waals surface area contributed by atoms with Crippen molar-refractivity contribution in [1.82, 2.24) is 55.7 Å². The van der Waals surface area contributed by atoms with Gasteiger partial charge in [0.1, 0.15) is 46.7 Å². The second-order valence-electron chi connectivity index (χ2n) is 22.6. The van der Waals surface area contributed by atoms with Crippen LogP contribution >= 0.6 is 19.2 Å². The van der Waals surface area contributed by atoms with Crippen LogP contribution in [0.4, 0.5) is 4.79 Å². The van der Waals surface area contributed by atoms with Crippen LogP contribution in [0.15, 0.2) is 41.8 Å². The number of phosphoric acid groups is 1. The van der Waals surface area contributed by atoms with Crippen molar-refractivity contribution in [3.63, 3.8) is 0 Å². The summed E-state index contributed by atoms with van der Waals surface area (Å²) < 4.78 is 22.2. The molecule has 1 aromatic heterocycles. The molecule has 9 atom stereocenters. The molecule has 3 aliphatic heterocycles. The number of piperazine rings is 1. The van der Waals surface area contributed by atoms with E-state index < -0.39 is 97.5 Å². The third-order valence-electron chi connectivity index (χ3n) is 15.5. The van der Waals surface area contributed by atoms with Crippen molar-refractivity contribution in [2.75, 3.05) is 67.0 Å². The molecule has 0 radical (unpaired) electrons. The van der Waals surface area contributed by atoms with Crippen molar-refractivity contribution >= 4 is 84.3 Å². The van der Waals surface area contributed by atoms with E-state index in [4.69, 9.17) is 15.0 Å². The Kier molecular flexibility index (Phi) is 25.3. The normalized spacial score (nSPS) is 18.3. The number of imide groups is 1. The Morgan fingerprint density at radius 1 is 0.849 bits per heavy atom. The van der Waals surface area contributed by atoms with E-state index in [0.29, 0.717) is 18.5 Å². The summed E-state index contributed by atoms with van der Waals surface area (Å²) in [6, 6.07) is -1.20. The molecule has 8 N–H and O–H groups in total. The fourth-order valence-corrected chi connectivity index (χ4v) is 11.3. The van der Waals surface area contributed by atoms with E-state index in [1.165, 1.54) is 60.7 Å². The lowest BCUT2D eigenvalue weighted by atomic mass is 9.93. The molecule has 0 saturated carbocycles. The van der Waals surface area contributed by atoms with Gasteiger partial charge in [0.05, 0.1) is 0 Å². The standard InChI is InChI=1S/C56H83N12O16PS/c1-11-34(6)48(62-51(75)42-30-63(42)8)54(77)64(9)40(32(2)3)29-43(83-35(7)69)52-60-39(31-86-52)53(76)65(10)41(28-36-16-18-37(19-17-36)84-85(80,81)82)50(74)59-38(14-12-22-58-56(57)79)49(73)61-47(33(4)5)55(78)67-26-24-66(25-27-67)44(70)15-13-23-68-45(71)20-21-46(68)72/h16-21,31-34,38,40-43,47-48H,11-15,22-30H2,1-10H3,(H,59,74)(H,61,73)(H,62,75)(H3,57,58,79)(H2,80,81,82)/t34-,38-,40+,41-,42+,43+,47-,48-,63?/m0/s1. The van der Waals surface area contributed by atoms with Crippen molar-refractivity contribution in [2.45, 2.75) is 136 Å². The minimum absolute atomic E-state index is 0.0126. The van der Waals surface area contributed by atoms with Gasteiger partial charge in [0, 0.05) is 110 Å². The molecule has 3 aliphatic rings. The van der Waals surface area contributed by atoms with Gasteiger partial charge in [0.25, 0.3) is 17.7 Å². The van der Waals surface area contributed by atoms with E-state index in [-0.39, 0.29) is 130 Å². The number of amides is 11. The zero-order chi connectivity index (χ0) is 63.9. The molecular weight excluding hydrogens is 1160 g/mol. The summed E-state index contributed by atoms with van der Waals surface area (Å²) >= 11 is 0.998. The summed E-state index contributed by atoms with van der Waals surface area (Å²) in [5.41, 5.74) is 5.52. The number of carbonyl (C=O) groups excluding carboxylic acids is 11. The monoisotopic (exact) mass is 1240 g/mol. The van der Waals surface area contributed by atoms with Crippen molar-refractivity contribution in [3.05, 3.63) is 58.1 Å². The van der Waals surface area contributed by atoms with Crippen LogP contribution in [-0.4, -0.2) is 213 Å². The number of aromatic nitrogens is 1. The molecule has 4 heterocycles. The van der Waals surface area contributed by atoms with Gasteiger partial charge in [-0.25, -0.2) is 14.3 Å². The van der Waals surface area contributed by atoms with Crippen LogP contribution in [0.1, 0.15) is 114 Å². The second-order valence-corrected chi connectivity index (χ2v) is 24.6. The summed E-state index contributed by atoms with van der Waals surface area (Å²) in [6.45, 7) is 13.5. The van der Waals surface area contributed by atoms with Crippen LogP contribution in [0.2, 0.25) is 0 Å². The van der Waals surface area contributed by atoms with Gasteiger partial charge in [-0.15, -0.1) is 11.3 Å². The van der Waals surface area contributed by atoms with E-state index >= 15 is 0 Å². The Balaban J connectivity index is 1.37. The number of hydrogen-bond donors (Lipinski definition) is 7. The number of nitrogens with zero attached hydrogens (tertiary/aromatic N) is 7. The lowest BCUT2D eigenvalue weighted by Crippen LogP contribution is -2.60. The number of carbonyl (C=O) groups is 11. The molecule has 30 heteroatoms. The number of esters is 1. The van der Waals surface area contributed by atoms with Crippen molar-refractivity contribution in [1.29, 1.82) is 0 Å². The fraction of sp³-hybridized carbons (Fsp3) is 0.607. The highest BCUT2D eigenvalue weighted by atomic mass is 32.1. The van der Waals surface area contributed by atoms with E-state index in [2.05, 4.69) is 26.3 Å². The van der Waals surface area contributed by atoms with Crippen LogP contribution in [0.25, 0.3) is 0 Å². The third-order valence-corrected chi connectivity index (χ3v) is 16.8. The van der Waals surface area contributed by atoms with Gasteiger partial charge < -0.3 is 55.9 Å². The first-order valence-corrected chi connectivity index (χ1v) is 31.1. The molecule has 474 valence electrons. The Bertz CT molecular complexity index is 2860. The second kappa shape index (κ2) is 31.4. The number of primary amides is 1. The molecule has 0 spiro atoms. The van der Waals surface area contributed by atoms with Crippen molar-refractivity contribution < 1.29 is 76.4 Å². The van der Waals surface area contributed by atoms with Gasteiger partial charge in [-0.1, -0.05) is 60.1 Å². The Morgan fingerprint density at radius 2 is 1.47 bits per heavy atom. The molecule has 11 amide bonds. The first-order valence-electron chi connectivity index (χ1n) is 28.7. The van der Waals surface area contributed by atoms with Gasteiger partial charge in [-0.05, 0) is 61.8 Å². The highest BCUT2D eigenvalue weighted by Gasteiger charge is 2.42. The predicted octanol–water partition coefficient (Wildman–Crippen LogP) is 1.07. The number of likely N-dealkylation sites (N-methyl/N-ethyl adjacent to an activating group) is 3. The molecule has 28 nitrogen and oxygen atoms in total. The Hall–Kier alpha value is -7.33. The zero-order valence-corrected chi connectivity index (χ0v) is 52.1. The molecule has 1 unspecified atom stereocenters. The molecule has 2 saturated heterocycles. The van der Waals surface area contributed by atoms with Crippen LogP contribution in [-0.2, 0) is 58.9 Å². The molecular formula is C56H83N12O16PS. The lowest BCUT2D eigenvalue weighted by Gasteiger charge is -2.37. The third kappa shape index (κ3) is 19.9. The molecule has 1 aromatic carbocycles. The van der Waals surface area contributed by atoms with Gasteiger partial charge in [0.2, 0.25) is 35.4 Å². The number of ether oxygens (including phenoxy) is 1. The minimum Gasteiger partial charge on any atom is -0.455 e. The topological polar surface area (TPSA) is 370 Å². The summed E-state index contributed by atoms with van der Waals surface area (Å²) in [5, 5.41) is 12.6. The maximum Gasteiger partial charge on any atom is 0.524 e. The summed E-state index contributed by atoms with van der Waals surface area (Å²) in [7, 11) is -0.198. The van der Waals surface area contributed by atoms with Crippen LogP contribution in [0.3, 0.4) is 0 Å². The average molecular weight is 1240 g/mol. The fourth-order valence-electron chi connectivity index (χ4n) is 10.0. The van der Waals surface area contributed by atoms with Crippen molar-refractivity contribution in [3.8, 4) is 5.75 Å². The molecule has 5 rings (SSSR count).